The highest BCUT2D eigenvalue weighted by Crippen LogP contribution is 2.24. The van der Waals surface area contributed by atoms with E-state index >= 15 is 0 Å². The van der Waals surface area contributed by atoms with Crippen molar-refractivity contribution in [1.82, 2.24) is 14.5 Å². The van der Waals surface area contributed by atoms with Crippen molar-refractivity contribution in [2.75, 3.05) is 12.4 Å². The summed E-state index contributed by atoms with van der Waals surface area (Å²) in [4.78, 5) is 19.9. The zero-order valence-corrected chi connectivity index (χ0v) is 12.4. The fraction of sp³-hybridized carbons (Fsp3) is 0.0625. The highest BCUT2D eigenvalue weighted by atomic mass is 16.5. The van der Waals surface area contributed by atoms with Crippen LogP contribution in [0.3, 0.4) is 0 Å². The predicted molar refractivity (Wildman–Crippen MR) is 86.6 cm³/mol. The molecule has 0 atom stereocenters. The summed E-state index contributed by atoms with van der Waals surface area (Å²) >= 11 is 0. The summed E-state index contributed by atoms with van der Waals surface area (Å²) in [5.74, 6) is 0.891. The molecule has 3 aromatic rings. The molecule has 0 saturated heterocycles. The first-order chi connectivity index (χ1) is 11.2. The molecule has 7 heteroatoms. The SMILES string of the molecule is COc1ccc(NC(N)=O)c(-n2cnc(-c3ccccc3)c2)n1. The largest absolute Gasteiger partial charge is 0.481 e. The number of methoxy groups -OCH3 is 1. The molecule has 0 aliphatic heterocycles. The van der Waals surface area contributed by atoms with Gasteiger partial charge in [-0.25, -0.2) is 9.78 Å². The van der Waals surface area contributed by atoms with Gasteiger partial charge in [-0.2, -0.15) is 4.98 Å². The lowest BCUT2D eigenvalue weighted by atomic mass is 10.2. The number of hydrogen-bond donors (Lipinski definition) is 2. The average molecular weight is 309 g/mol. The number of primary amides is 1. The molecule has 3 rings (SSSR count). The second kappa shape index (κ2) is 6.18. The van der Waals surface area contributed by atoms with Gasteiger partial charge in [-0.1, -0.05) is 30.3 Å². The van der Waals surface area contributed by atoms with Gasteiger partial charge in [0, 0.05) is 17.8 Å². The van der Waals surface area contributed by atoms with E-state index in [0.29, 0.717) is 17.4 Å². The van der Waals surface area contributed by atoms with Gasteiger partial charge in [-0.15, -0.1) is 0 Å². The number of hydrogen-bond acceptors (Lipinski definition) is 4. The van der Waals surface area contributed by atoms with Crippen molar-refractivity contribution in [1.29, 1.82) is 0 Å². The molecule has 116 valence electrons. The Bertz CT molecular complexity index is 829. The van der Waals surface area contributed by atoms with E-state index in [1.165, 1.54) is 7.11 Å². The van der Waals surface area contributed by atoms with E-state index in [-0.39, 0.29) is 0 Å². The normalized spacial score (nSPS) is 10.3. The van der Waals surface area contributed by atoms with Crippen LogP contribution in [0.5, 0.6) is 5.88 Å². The standard InChI is InChI=1S/C16H15N5O2/c1-23-14-8-7-12(19-16(17)22)15(20-14)21-9-13(18-10-21)11-5-3-2-4-6-11/h2-10H,1H3,(H3,17,19,22). The Morgan fingerprint density at radius 1 is 1.22 bits per heavy atom. The zero-order chi connectivity index (χ0) is 16.2. The minimum Gasteiger partial charge on any atom is -0.481 e. The zero-order valence-electron chi connectivity index (χ0n) is 12.4. The number of urea groups is 1. The van der Waals surface area contributed by atoms with Crippen LogP contribution in [0.25, 0.3) is 17.1 Å². The van der Waals surface area contributed by atoms with Crippen molar-refractivity contribution in [2.45, 2.75) is 0 Å². The van der Waals surface area contributed by atoms with Gasteiger partial charge in [0.15, 0.2) is 5.82 Å². The summed E-state index contributed by atoms with van der Waals surface area (Å²) in [6, 6.07) is 12.4. The predicted octanol–water partition coefficient (Wildman–Crippen LogP) is 2.43. The minimum atomic E-state index is -0.665. The van der Waals surface area contributed by atoms with Crippen LogP contribution in [-0.4, -0.2) is 27.7 Å². The van der Waals surface area contributed by atoms with Crippen LogP contribution in [0.1, 0.15) is 0 Å². The third-order valence-corrected chi connectivity index (χ3v) is 3.21. The van der Waals surface area contributed by atoms with Gasteiger partial charge >= 0.3 is 6.03 Å². The molecule has 0 unspecified atom stereocenters. The fourth-order valence-corrected chi connectivity index (χ4v) is 2.17. The van der Waals surface area contributed by atoms with Gasteiger partial charge in [0.05, 0.1) is 18.5 Å². The van der Waals surface area contributed by atoms with Crippen molar-refractivity contribution in [2.24, 2.45) is 5.73 Å². The Hall–Kier alpha value is -3.35. The molecule has 2 heterocycles. The molecule has 7 nitrogen and oxygen atoms in total. The molecular weight excluding hydrogens is 294 g/mol. The second-order valence-corrected chi connectivity index (χ2v) is 4.75. The van der Waals surface area contributed by atoms with Gasteiger partial charge in [0.25, 0.3) is 0 Å². The van der Waals surface area contributed by atoms with Crippen molar-refractivity contribution in [3.05, 3.63) is 55.0 Å². The van der Waals surface area contributed by atoms with Crippen LogP contribution in [-0.2, 0) is 0 Å². The molecule has 1 aromatic carbocycles. The third kappa shape index (κ3) is 3.13. The van der Waals surface area contributed by atoms with Crippen LogP contribution in [0.15, 0.2) is 55.0 Å². The number of benzene rings is 1. The monoisotopic (exact) mass is 309 g/mol. The van der Waals surface area contributed by atoms with Gasteiger partial charge in [-0.3, -0.25) is 4.57 Å². The van der Waals surface area contributed by atoms with Crippen LogP contribution >= 0.6 is 0 Å². The van der Waals surface area contributed by atoms with Gasteiger partial charge in [0.2, 0.25) is 5.88 Å². The van der Waals surface area contributed by atoms with E-state index in [9.17, 15) is 4.79 Å². The molecule has 0 bridgehead atoms. The Morgan fingerprint density at radius 3 is 2.70 bits per heavy atom. The maximum Gasteiger partial charge on any atom is 0.316 e. The number of carbonyl (C=O) groups excluding carboxylic acids is 1. The van der Waals surface area contributed by atoms with Crippen LogP contribution in [0.2, 0.25) is 0 Å². The topological polar surface area (TPSA) is 95.1 Å². The van der Waals surface area contributed by atoms with E-state index < -0.39 is 6.03 Å². The third-order valence-electron chi connectivity index (χ3n) is 3.21. The van der Waals surface area contributed by atoms with Crippen molar-refractivity contribution in [3.63, 3.8) is 0 Å². The number of anilines is 1. The molecule has 0 aliphatic rings. The highest BCUT2D eigenvalue weighted by molar-refractivity contribution is 5.89. The molecule has 2 aromatic heterocycles. The van der Waals surface area contributed by atoms with Crippen molar-refractivity contribution in [3.8, 4) is 23.0 Å². The number of amides is 2. The van der Waals surface area contributed by atoms with Crippen LogP contribution in [0.4, 0.5) is 10.5 Å². The molecule has 0 saturated carbocycles. The molecule has 0 aliphatic carbocycles. The van der Waals surface area contributed by atoms with Crippen molar-refractivity contribution >= 4 is 11.7 Å². The van der Waals surface area contributed by atoms with Crippen LogP contribution in [0, 0.1) is 0 Å². The lowest BCUT2D eigenvalue weighted by molar-refractivity contribution is 0.259. The smallest absolute Gasteiger partial charge is 0.316 e. The van der Waals surface area contributed by atoms with E-state index in [1.807, 2.05) is 36.5 Å². The number of imidazole rings is 1. The average Bonchev–Trinajstić information content (AvgIpc) is 3.05. The summed E-state index contributed by atoms with van der Waals surface area (Å²) in [5.41, 5.74) is 7.45. The number of aromatic nitrogens is 3. The highest BCUT2D eigenvalue weighted by Gasteiger charge is 2.12. The Balaban J connectivity index is 2.04. The number of nitrogens with two attached hydrogens (primary N) is 1. The minimum absolute atomic E-state index is 0.421. The number of carbonyl (C=O) groups is 1. The molecule has 23 heavy (non-hydrogen) atoms. The molecular formula is C16H15N5O2. The van der Waals surface area contributed by atoms with E-state index in [4.69, 9.17) is 10.5 Å². The first kappa shape index (κ1) is 14.6. The Morgan fingerprint density at radius 2 is 2.00 bits per heavy atom. The summed E-state index contributed by atoms with van der Waals surface area (Å²) < 4.78 is 6.84. The maximum atomic E-state index is 11.2. The van der Waals surface area contributed by atoms with Gasteiger partial charge in [0.1, 0.15) is 6.33 Å². The number of rotatable bonds is 4. The van der Waals surface area contributed by atoms with Gasteiger partial charge < -0.3 is 15.8 Å². The number of nitrogens with zero attached hydrogens (tertiary/aromatic N) is 3. The first-order valence-corrected chi connectivity index (χ1v) is 6.88. The van der Waals surface area contributed by atoms with E-state index in [0.717, 1.165) is 11.3 Å². The summed E-state index contributed by atoms with van der Waals surface area (Å²) in [5, 5.41) is 2.54. The summed E-state index contributed by atoms with van der Waals surface area (Å²) in [6.07, 6.45) is 3.44. The van der Waals surface area contributed by atoms with Crippen LogP contribution < -0.4 is 15.8 Å². The Kier molecular flexibility index (Phi) is 3.92. The lowest BCUT2D eigenvalue weighted by Gasteiger charge is -2.10. The molecule has 0 radical (unpaired) electrons. The summed E-state index contributed by atoms with van der Waals surface area (Å²) in [7, 11) is 1.52. The van der Waals surface area contributed by atoms with E-state index in [1.54, 1.807) is 23.0 Å². The quantitative estimate of drug-likeness (QED) is 0.773. The Labute approximate surface area is 132 Å². The number of pyridine rings is 1. The second-order valence-electron chi connectivity index (χ2n) is 4.75. The molecule has 2 amide bonds. The number of ether oxygens (including phenoxy) is 1. The number of nitrogens with one attached hydrogen (secondary N) is 1. The fourth-order valence-electron chi connectivity index (χ4n) is 2.17. The first-order valence-electron chi connectivity index (χ1n) is 6.88. The van der Waals surface area contributed by atoms with Gasteiger partial charge in [-0.05, 0) is 6.07 Å². The maximum absolute atomic E-state index is 11.2. The molecule has 3 N–H and O–H groups in total. The van der Waals surface area contributed by atoms with E-state index in [2.05, 4.69) is 15.3 Å². The lowest BCUT2D eigenvalue weighted by Crippen LogP contribution is -2.20. The van der Waals surface area contributed by atoms with Crippen molar-refractivity contribution < 1.29 is 9.53 Å². The molecule has 0 fully saturated rings. The molecule has 0 spiro atoms. The summed E-state index contributed by atoms with van der Waals surface area (Å²) in [6.45, 7) is 0.